The van der Waals surface area contributed by atoms with Gasteiger partial charge in [-0.1, -0.05) is 0 Å². The lowest BCUT2D eigenvalue weighted by Gasteiger charge is -2.28. The van der Waals surface area contributed by atoms with E-state index in [4.69, 9.17) is 4.42 Å². The van der Waals surface area contributed by atoms with E-state index in [1.165, 1.54) is 0 Å². The van der Waals surface area contributed by atoms with Gasteiger partial charge in [0.1, 0.15) is 0 Å². The van der Waals surface area contributed by atoms with Crippen molar-refractivity contribution in [1.29, 1.82) is 0 Å². The molecule has 7 heteroatoms. The molecule has 0 bridgehead atoms. The summed E-state index contributed by atoms with van der Waals surface area (Å²) in [5.41, 5.74) is 0. The van der Waals surface area contributed by atoms with Gasteiger partial charge in [0.15, 0.2) is 0 Å². The highest BCUT2D eigenvalue weighted by Crippen LogP contribution is 2.02. The molecular formula is C11H19N5O2. The van der Waals surface area contributed by atoms with Crippen molar-refractivity contribution in [3.05, 3.63) is 11.8 Å². The lowest BCUT2D eigenvalue weighted by molar-refractivity contribution is -0.132. The Hall–Kier alpha value is -1.47. The molecule has 1 aromatic rings. The molecule has 0 saturated carbocycles. The minimum Gasteiger partial charge on any atom is -0.424 e. The third-order valence-corrected chi connectivity index (χ3v) is 2.85. The predicted octanol–water partition coefficient (Wildman–Crippen LogP) is -0.758. The summed E-state index contributed by atoms with van der Waals surface area (Å²) >= 11 is 0. The van der Waals surface area contributed by atoms with Crippen molar-refractivity contribution < 1.29 is 9.21 Å². The van der Waals surface area contributed by atoms with Crippen LogP contribution in [0, 0.1) is 6.92 Å². The molecule has 2 heterocycles. The highest BCUT2D eigenvalue weighted by Gasteiger charge is 2.18. The van der Waals surface area contributed by atoms with Crippen LogP contribution in [-0.4, -0.2) is 65.7 Å². The fourth-order valence-electron chi connectivity index (χ4n) is 1.93. The molecule has 100 valence electrons. The maximum atomic E-state index is 12.0. The number of nitrogens with zero attached hydrogens (tertiary/aromatic N) is 4. The van der Waals surface area contributed by atoms with Crippen molar-refractivity contribution >= 4 is 5.91 Å². The van der Waals surface area contributed by atoms with Crippen molar-refractivity contribution in [1.82, 2.24) is 25.3 Å². The Labute approximate surface area is 106 Å². The van der Waals surface area contributed by atoms with Gasteiger partial charge in [0, 0.05) is 33.1 Å². The lowest BCUT2D eigenvalue weighted by atomic mass is 10.3. The number of carbonyl (C=O) groups excluding carboxylic acids is 1. The zero-order chi connectivity index (χ0) is 13.0. The van der Waals surface area contributed by atoms with Crippen LogP contribution >= 0.6 is 0 Å². The molecule has 1 N–H and O–H groups in total. The van der Waals surface area contributed by atoms with Gasteiger partial charge in [-0.2, -0.15) is 0 Å². The van der Waals surface area contributed by atoms with Crippen LogP contribution in [0.25, 0.3) is 0 Å². The van der Waals surface area contributed by atoms with Crippen LogP contribution in [0.3, 0.4) is 0 Å². The molecular weight excluding hydrogens is 234 g/mol. The first-order chi connectivity index (χ1) is 8.65. The first kappa shape index (κ1) is 13.0. The number of hydrogen-bond acceptors (Lipinski definition) is 6. The third-order valence-electron chi connectivity index (χ3n) is 2.85. The quantitative estimate of drug-likeness (QED) is 0.760. The number of aromatic nitrogens is 2. The van der Waals surface area contributed by atoms with Gasteiger partial charge in [0.05, 0.1) is 13.1 Å². The van der Waals surface area contributed by atoms with Gasteiger partial charge in [-0.15, -0.1) is 10.2 Å². The molecule has 0 atom stereocenters. The second-order valence-electron chi connectivity index (χ2n) is 4.52. The second kappa shape index (κ2) is 5.92. The minimum atomic E-state index is 0.148. The summed E-state index contributed by atoms with van der Waals surface area (Å²) < 4.78 is 5.28. The number of nitrogens with one attached hydrogen (secondary N) is 1. The summed E-state index contributed by atoms with van der Waals surface area (Å²) in [5.74, 6) is 1.24. The number of hydrogen-bond donors (Lipinski definition) is 1. The number of carbonyl (C=O) groups is 1. The standard InChI is InChI=1S/C11H19N5O2/c1-9-13-14-10(18-9)7-15(2)8-11(17)16-5-3-12-4-6-16/h12H,3-8H2,1-2H3. The molecule has 0 spiro atoms. The van der Waals surface area contributed by atoms with Crippen molar-refractivity contribution in [3.63, 3.8) is 0 Å². The van der Waals surface area contributed by atoms with Crippen LogP contribution < -0.4 is 5.32 Å². The van der Waals surface area contributed by atoms with E-state index in [0.717, 1.165) is 26.2 Å². The molecule has 0 unspecified atom stereocenters. The van der Waals surface area contributed by atoms with Crippen LogP contribution in [0.4, 0.5) is 0 Å². The van der Waals surface area contributed by atoms with Crippen LogP contribution in [-0.2, 0) is 11.3 Å². The summed E-state index contributed by atoms with van der Waals surface area (Å²) in [5, 5.41) is 10.9. The summed E-state index contributed by atoms with van der Waals surface area (Å²) in [6, 6.07) is 0. The Bertz CT molecular complexity index is 400. The van der Waals surface area contributed by atoms with Gasteiger partial charge in [0.2, 0.25) is 17.7 Å². The summed E-state index contributed by atoms with van der Waals surface area (Å²) in [6.07, 6.45) is 0. The van der Waals surface area contributed by atoms with Gasteiger partial charge < -0.3 is 14.6 Å². The first-order valence-corrected chi connectivity index (χ1v) is 6.11. The van der Waals surface area contributed by atoms with E-state index in [1.807, 2.05) is 16.8 Å². The smallest absolute Gasteiger partial charge is 0.236 e. The zero-order valence-corrected chi connectivity index (χ0v) is 10.8. The number of likely N-dealkylation sites (N-methyl/N-ethyl adjacent to an activating group) is 1. The van der Waals surface area contributed by atoms with E-state index < -0.39 is 0 Å². The van der Waals surface area contributed by atoms with E-state index in [1.54, 1.807) is 6.92 Å². The molecule has 2 rings (SSSR count). The summed E-state index contributed by atoms with van der Waals surface area (Å²) in [7, 11) is 1.87. The monoisotopic (exact) mass is 253 g/mol. The van der Waals surface area contributed by atoms with Gasteiger partial charge in [-0.05, 0) is 7.05 Å². The van der Waals surface area contributed by atoms with Gasteiger partial charge in [-0.25, -0.2) is 0 Å². The molecule has 18 heavy (non-hydrogen) atoms. The molecule has 1 saturated heterocycles. The van der Waals surface area contributed by atoms with Crippen molar-refractivity contribution in [2.75, 3.05) is 39.8 Å². The Morgan fingerprint density at radius 1 is 1.44 bits per heavy atom. The maximum Gasteiger partial charge on any atom is 0.236 e. The van der Waals surface area contributed by atoms with Crippen LogP contribution in [0.2, 0.25) is 0 Å². The fourth-order valence-corrected chi connectivity index (χ4v) is 1.93. The van der Waals surface area contributed by atoms with E-state index in [2.05, 4.69) is 15.5 Å². The Balaban J connectivity index is 1.79. The maximum absolute atomic E-state index is 12.0. The highest BCUT2D eigenvalue weighted by atomic mass is 16.4. The van der Waals surface area contributed by atoms with Crippen LogP contribution in [0.5, 0.6) is 0 Å². The Kier molecular flexibility index (Phi) is 4.27. The Morgan fingerprint density at radius 2 is 2.17 bits per heavy atom. The summed E-state index contributed by atoms with van der Waals surface area (Å²) in [6.45, 7) is 5.94. The van der Waals surface area contributed by atoms with E-state index in [9.17, 15) is 4.79 Å². The first-order valence-electron chi connectivity index (χ1n) is 6.11. The molecule has 0 aliphatic carbocycles. The van der Waals surface area contributed by atoms with Crippen molar-refractivity contribution in [3.8, 4) is 0 Å². The molecule has 1 aromatic heterocycles. The normalized spacial score (nSPS) is 16.3. The summed E-state index contributed by atoms with van der Waals surface area (Å²) in [4.78, 5) is 15.8. The SMILES string of the molecule is Cc1nnc(CN(C)CC(=O)N2CCNCC2)o1. The second-order valence-corrected chi connectivity index (χ2v) is 4.52. The lowest BCUT2D eigenvalue weighted by Crippen LogP contribution is -2.49. The van der Waals surface area contributed by atoms with Gasteiger partial charge in [-0.3, -0.25) is 9.69 Å². The van der Waals surface area contributed by atoms with E-state index >= 15 is 0 Å². The molecule has 0 radical (unpaired) electrons. The fraction of sp³-hybridized carbons (Fsp3) is 0.727. The number of aryl methyl sites for hydroxylation is 1. The van der Waals surface area contributed by atoms with E-state index in [-0.39, 0.29) is 5.91 Å². The van der Waals surface area contributed by atoms with Crippen LogP contribution in [0.15, 0.2) is 4.42 Å². The number of amides is 1. The molecule has 1 aliphatic rings. The number of piperazine rings is 1. The van der Waals surface area contributed by atoms with Crippen molar-refractivity contribution in [2.24, 2.45) is 0 Å². The molecule has 1 amide bonds. The number of rotatable bonds is 4. The van der Waals surface area contributed by atoms with Gasteiger partial charge >= 0.3 is 0 Å². The highest BCUT2D eigenvalue weighted by molar-refractivity contribution is 5.78. The largest absolute Gasteiger partial charge is 0.424 e. The molecule has 7 nitrogen and oxygen atoms in total. The molecule has 1 aliphatic heterocycles. The third kappa shape index (κ3) is 3.51. The average Bonchev–Trinajstić information content (AvgIpc) is 2.75. The Morgan fingerprint density at radius 3 is 2.78 bits per heavy atom. The topological polar surface area (TPSA) is 74.5 Å². The van der Waals surface area contributed by atoms with Crippen molar-refractivity contribution in [2.45, 2.75) is 13.5 Å². The average molecular weight is 253 g/mol. The predicted molar refractivity (Wildman–Crippen MR) is 64.8 cm³/mol. The zero-order valence-electron chi connectivity index (χ0n) is 10.8. The molecule has 0 aromatic carbocycles. The van der Waals surface area contributed by atoms with Gasteiger partial charge in [0.25, 0.3) is 0 Å². The van der Waals surface area contributed by atoms with E-state index in [0.29, 0.717) is 24.9 Å². The minimum absolute atomic E-state index is 0.148. The van der Waals surface area contributed by atoms with Crippen LogP contribution in [0.1, 0.15) is 11.8 Å². The molecule has 1 fully saturated rings.